The molecule has 0 radical (unpaired) electrons. The van der Waals surface area contributed by atoms with E-state index >= 15 is 0 Å². The van der Waals surface area contributed by atoms with Gasteiger partial charge in [0.1, 0.15) is 11.5 Å². The standard InChI is InChI=1S/C11H10O3S/c12-5-6-14-11(13)10-7-8-3-1-2-4-9(8)15-10/h1-4,7,12H,5-6H2. The average Bonchev–Trinajstić information content (AvgIpc) is 2.69. The zero-order chi connectivity index (χ0) is 10.7. The molecule has 1 aromatic heterocycles. The molecule has 15 heavy (non-hydrogen) atoms. The summed E-state index contributed by atoms with van der Waals surface area (Å²) in [5.41, 5.74) is 0. The minimum Gasteiger partial charge on any atom is -0.459 e. The Morgan fingerprint density at radius 1 is 1.40 bits per heavy atom. The maximum absolute atomic E-state index is 11.5. The number of hydrogen-bond donors (Lipinski definition) is 1. The summed E-state index contributed by atoms with van der Waals surface area (Å²) in [7, 11) is 0. The quantitative estimate of drug-likeness (QED) is 0.808. The number of ether oxygens (including phenoxy) is 1. The van der Waals surface area contributed by atoms with Crippen LogP contribution in [0.25, 0.3) is 10.1 Å². The van der Waals surface area contributed by atoms with Crippen LogP contribution < -0.4 is 0 Å². The Hall–Kier alpha value is -1.39. The van der Waals surface area contributed by atoms with E-state index in [0.29, 0.717) is 4.88 Å². The van der Waals surface area contributed by atoms with Crippen LogP contribution in [0.5, 0.6) is 0 Å². The highest BCUT2D eigenvalue weighted by Crippen LogP contribution is 2.25. The largest absolute Gasteiger partial charge is 0.459 e. The van der Waals surface area contributed by atoms with Crippen LogP contribution >= 0.6 is 11.3 Å². The zero-order valence-electron chi connectivity index (χ0n) is 7.97. The smallest absolute Gasteiger partial charge is 0.348 e. The topological polar surface area (TPSA) is 46.5 Å². The van der Waals surface area contributed by atoms with Gasteiger partial charge in [0.05, 0.1) is 6.61 Å². The lowest BCUT2D eigenvalue weighted by Crippen LogP contribution is -2.06. The first-order valence-electron chi connectivity index (χ1n) is 4.58. The Bertz CT molecular complexity index is 442. The molecule has 0 aliphatic heterocycles. The van der Waals surface area contributed by atoms with Crippen molar-refractivity contribution in [1.82, 2.24) is 0 Å². The fourth-order valence-corrected chi connectivity index (χ4v) is 2.25. The summed E-state index contributed by atoms with van der Waals surface area (Å²) in [6.07, 6.45) is 0. The molecule has 0 amide bonds. The van der Waals surface area contributed by atoms with Gasteiger partial charge in [0.2, 0.25) is 0 Å². The van der Waals surface area contributed by atoms with Gasteiger partial charge in [-0.1, -0.05) is 18.2 Å². The van der Waals surface area contributed by atoms with Crippen LogP contribution in [0.4, 0.5) is 0 Å². The molecule has 1 heterocycles. The molecule has 0 fully saturated rings. The highest BCUT2D eigenvalue weighted by atomic mass is 32.1. The minimum atomic E-state index is -0.370. The van der Waals surface area contributed by atoms with Gasteiger partial charge in [-0.3, -0.25) is 0 Å². The Morgan fingerprint density at radius 2 is 2.20 bits per heavy atom. The fraction of sp³-hybridized carbons (Fsp3) is 0.182. The van der Waals surface area contributed by atoms with E-state index in [2.05, 4.69) is 0 Å². The average molecular weight is 222 g/mol. The molecule has 0 saturated carbocycles. The van der Waals surface area contributed by atoms with Gasteiger partial charge < -0.3 is 9.84 Å². The number of rotatable bonds is 3. The van der Waals surface area contributed by atoms with Crippen molar-refractivity contribution in [3.63, 3.8) is 0 Å². The second kappa shape index (κ2) is 4.42. The molecule has 1 N–H and O–H groups in total. The van der Waals surface area contributed by atoms with E-state index in [9.17, 15) is 4.79 Å². The predicted molar refractivity (Wildman–Crippen MR) is 59.2 cm³/mol. The summed E-state index contributed by atoms with van der Waals surface area (Å²) in [5, 5.41) is 9.57. The van der Waals surface area contributed by atoms with Crippen molar-refractivity contribution in [1.29, 1.82) is 0 Å². The summed E-state index contributed by atoms with van der Waals surface area (Å²) in [5.74, 6) is -0.370. The second-order valence-corrected chi connectivity index (χ2v) is 4.09. The molecule has 2 aromatic rings. The third-order valence-electron chi connectivity index (χ3n) is 1.95. The number of esters is 1. The molecule has 0 spiro atoms. The predicted octanol–water partition coefficient (Wildman–Crippen LogP) is 2.05. The van der Waals surface area contributed by atoms with Gasteiger partial charge in [-0.2, -0.15) is 0 Å². The normalized spacial score (nSPS) is 10.5. The summed E-state index contributed by atoms with van der Waals surface area (Å²) in [4.78, 5) is 12.0. The highest BCUT2D eigenvalue weighted by molar-refractivity contribution is 7.20. The van der Waals surface area contributed by atoms with Gasteiger partial charge in [-0.25, -0.2) is 4.79 Å². The Kier molecular flexibility index (Phi) is 2.99. The zero-order valence-corrected chi connectivity index (χ0v) is 8.79. The number of aliphatic hydroxyl groups excluding tert-OH is 1. The van der Waals surface area contributed by atoms with Crippen LogP contribution in [0.3, 0.4) is 0 Å². The molecule has 0 bridgehead atoms. The molecule has 1 aromatic carbocycles. The number of benzene rings is 1. The third-order valence-corrected chi connectivity index (χ3v) is 3.05. The van der Waals surface area contributed by atoms with Crippen molar-refractivity contribution in [2.75, 3.05) is 13.2 Å². The van der Waals surface area contributed by atoms with Crippen molar-refractivity contribution in [3.8, 4) is 0 Å². The molecular formula is C11H10O3S. The van der Waals surface area contributed by atoms with Crippen LogP contribution in [-0.4, -0.2) is 24.3 Å². The number of aliphatic hydroxyl groups is 1. The summed E-state index contributed by atoms with van der Waals surface area (Å²) >= 11 is 1.40. The van der Waals surface area contributed by atoms with E-state index in [1.165, 1.54) is 11.3 Å². The molecular weight excluding hydrogens is 212 g/mol. The van der Waals surface area contributed by atoms with Gasteiger partial charge in [-0.15, -0.1) is 11.3 Å². The molecule has 78 valence electrons. The summed E-state index contributed by atoms with van der Waals surface area (Å²) in [6.45, 7) is -0.0935. The van der Waals surface area contributed by atoms with Crippen molar-refractivity contribution < 1.29 is 14.6 Å². The maximum Gasteiger partial charge on any atom is 0.348 e. The molecule has 4 heteroatoms. The van der Waals surface area contributed by atoms with Gasteiger partial charge >= 0.3 is 5.97 Å². The van der Waals surface area contributed by atoms with Crippen LogP contribution in [0.1, 0.15) is 9.67 Å². The van der Waals surface area contributed by atoms with Crippen LogP contribution in [-0.2, 0) is 4.74 Å². The molecule has 2 rings (SSSR count). The van der Waals surface area contributed by atoms with E-state index in [1.54, 1.807) is 6.07 Å². The first kappa shape index (κ1) is 10.1. The van der Waals surface area contributed by atoms with Gasteiger partial charge in [0.25, 0.3) is 0 Å². The van der Waals surface area contributed by atoms with Crippen LogP contribution in [0, 0.1) is 0 Å². The van der Waals surface area contributed by atoms with Gasteiger partial charge in [0.15, 0.2) is 0 Å². The Morgan fingerprint density at radius 3 is 2.93 bits per heavy atom. The molecule has 0 aliphatic carbocycles. The fourth-order valence-electron chi connectivity index (χ4n) is 1.29. The summed E-state index contributed by atoms with van der Waals surface area (Å²) < 4.78 is 5.89. The lowest BCUT2D eigenvalue weighted by Gasteiger charge is -1.98. The number of carbonyl (C=O) groups is 1. The number of carbonyl (C=O) groups excluding carboxylic acids is 1. The molecule has 0 saturated heterocycles. The molecule has 0 unspecified atom stereocenters. The highest BCUT2D eigenvalue weighted by Gasteiger charge is 2.10. The lowest BCUT2D eigenvalue weighted by molar-refractivity contribution is 0.0439. The lowest BCUT2D eigenvalue weighted by atomic mass is 10.2. The molecule has 0 aliphatic rings. The SMILES string of the molecule is O=C(OCCO)c1cc2ccccc2s1. The van der Waals surface area contributed by atoms with Gasteiger partial charge in [0, 0.05) is 4.70 Å². The van der Waals surface area contributed by atoms with Crippen molar-refractivity contribution >= 4 is 27.4 Å². The van der Waals surface area contributed by atoms with E-state index in [1.807, 2.05) is 24.3 Å². The van der Waals surface area contributed by atoms with Crippen molar-refractivity contribution in [2.45, 2.75) is 0 Å². The van der Waals surface area contributed by atoms with Crippen LogP contribution in [0.15, 0.2) is 30.3 Å². The second-order valence-electron chi connectivity index (χ2n) is 3.01. The maximum atomic E-state index is 11.5. The Balaban J connectivity index is 2.25. The number of fused-ring (bicyclic) bond motifs is 1. The monoisotopic (exact) mass is 222 g/mol. The first-order valence-corrected chi connectivity index (χ1v) is 5.39. The van der Waals surface area contributed by atoms with Crippen molar-refractivity contribution in [3.05, 3.63) is 35.2 Å². The van der Waals surface area contributed by atoms with E-state index < -0.39 is 0 Å². The molecule has 3 nitrogen and oxygen atoms in total. The molecule has 0 atom stereocenters. The van der Waals surface area contributed by atoms with E-state index in [-0.39, 0.29) is 19.2 Å². The summed E-state index contributed by atoms with van der Waals surface area (Å²) in [6, 6.07) is 9.58. The first-order chi connectivity index (χ1) is 7.31. The Labute approximate surface area is 90.9 Å². The van der Waals surface area contributed by atoms with Gasteiger partial charge in [-0.05, 0) is 17.5 Å². The van der Waals surface area contributed by atoms with Crippen molar-refractivity contribution in [2.24, 2.45) is 0 Å². The van der Waals surface area contributed by atoms with E-state index in [0.717, 1.165) is 10.1 Å². The minimum absolute atomic E-state index is 0.0487. The number of thiophene rings is 1. The number of hydrogen-bond acceptors (Lipinski definition) is 4. The third kappa shape index (κ3) is 2.16. The van der Waals surface area contributed by atoms with Crippen LogP contribution in [0.2, 0.25) is 0 Å². The van der Waals surface area contributed by atoms with E-state index in [4.69, 9.17) is 9.84 Å².